The van der Waals surface area contributed by atoms with E-state index in [4.69, 9.17) is 9.47 Å². The number of esters is 1. The molecular weight excluding hydrogens is 196 g/mol. The molecule has 4 fully saturated rings. The number of methoxy groups -OCH3 is 1. The van der Waals surface area contributed by atoms with E-state index in [0.717, 1.165) is 12.8 Å². The fourth-order valence-corrected chi connectivity index (χ4v) is 3.82. The molecule has 1 aliphatic heterocycles. The van der Waals surface area contributed by atoms with Crippen LogP contribution in [0.15, 0.2) is 0 Å². The highest BCUT2D eigenvalue weighted by atomic mass is 16.5. The lowest BCUT2D eigenvalue weighted by Gasteiger charge is -2.50. The van der Waals surface area contributed by atoms with Crippen LogP contribution < -0.4 is 0 Å². The van der Waals surface area contributed by atoms with Crippen molar-refractivity contribution in [1.82, 2.24) is 0 Å². The van der Waals surface area contributed by atoms with Crippen molar-refractivity contribution >= 4 is 5.97 Å². The topological polar surface area (TPSA) is 55.8 Å². The Kier molecular flexibility index (Phi) is 2.04. The van der Waals surface area contributed by atoms with Crippen LogP contribution in [0.3, 0.4) is 0 Å². The quantitative estimate of drug-likeness (QED) is 0.630. The first-order valence-electron chi connectivity index (χ1n) is 5.61. The number of carbonyl (C=O) groups excluding carboxylic acids is 1. The molecule has 1 saturated heterocycles. The minimum Gasteiger partial charge on any atom is -0.465 e. The molecule has 0 amide bonds. The number of ether oxygens (including phenoxy) is 2. The standard InChI is InChI=1S/C11H16O4/c1-14-10-6-3-2-5(9(10)12)7-4-15-11(13)8(6)7/h5-10,12H,2-4H2,1H3. The highest BCUT2D eigenvalue weighted by molar-refractivity contribution is 5.75. The summed E-state index contributed by atoms with van der Waals surface area (Å²) in [4.78, 5) is 11.6. The number of cyclic esters (lactones) is 1. The van der Waals surface area contributed by atoms with Gasteiger partial charge >= 0.3 is 5.97 Å². The third kappa shape index (κ3) is 1.12. The van der Waals surface area contributed by atoms with Gasteiger partial charge < -0.3 is 14.6 Å². The van der Waals surface area contributed by atoms with Crippen LogP contribution in [0.5, 0.6) is 0 Å². The maximum absolute atomic E-state index is 11.6. The number of fused-ring (bicyclic) bond motifs is 2. The first-order chi connectivity index (χ1) is 7.24. The predicted octanol–water partition coefficient (Wildman–Crippen LogP) is 0.191. The Bertz CT molecular complexity index is 290. The van der Waals surface area contributed by atoms with E-state index in [1.54, 1.807) is 7.11 Å². The Labute approximate surface area is 88.6 Å². The summed E-state index contributed by atoms with van der Waals surface area (Å²) in [6.45, 7) is 0.498. The Morgan fingerprint density at radius 3 is 2.80 bits per heavy atom. The Balaban J connectivity index is 1.95. The lowest BCUT2D eigenvalue weighted by atomic mass is 9.57. The lowest BCUT2D eigenvalue weighted by molar-refractivity contribution is -0.171. The number of hydrogen-bond donors (Lipinski definition) is 1. The highest BCUT2D eigenvalue weighted by Crippen LogP contribution is 2.52. The zero-order valence-electron chi connectivity index (χ0n) is 8.76. The van der Waals surface area contributed by atoms with Crippen LogP contribution in [-0.2, 0) is 14.3 Å². The first kappa shape index (κ1) is 9.60. The molecule has 0 radical (unpaired) electrons. The normalized spacial score (nSPS) is 52.8. The van der Waals surface area contributed by atoms with Crippen molar-refractivity contribution in [2.75, 3.05) is 13.7 Å². The molecule has 6 atom stereocenters. The van der Waals surface area contributed by atoms with Gasteiger partial charge in [0.25, 0.3) is 0 Å². The van der Waals surface area contributed by atoms with Gasteiger partial charge in [0.1, 0.15) is 0 Å². The van der Waals surface area contributed by atoms with Crippen LogP contribution in [0, 0.1) is 23.7 Å². The van der Waals surface area contributed by atoms with Crippen LogP contribution >= 0.6 is 0 Å². The lowest BCUT2D eigenvalue weighted by Crippen LogP contribution is -2.57. The van der Waals surface area contributed by atoms with Crippen molar-refractivity contribution in [3.63, 3.8) is 0 Å². The smallest absolute Gasteiger partial charge is 0.309 e. The van der Waals surface area contributed by atoms with Gasteiger partial charge in [-0.15, -0.1) is 0 Å². The van der Waals surface area contributed by atoms with Crippen LogP contribution in [0.1, 0.15) is 12.8 Å². The summed E-state index contributed by atoms with van der Waals surface area (Å²) in [5.41, 5.74) is 0. The summed E-state index contributed by atoms with van der Waals surface area (Å²) in [5, 5.41) is 10.1. The maximum atomic E-state index is 11.6. The maximum Gasteiger partial charge on any atom is 0.309 e. The third-order valence-corrected chi connectivity index (χ3v) is 4.47. The van der Waals surface area contributed by atoms with Crippen molar-refractivity contribution in [1.29, 1.82) is 0 Å². The molecule has 1 N–H and O–H groups in total. The molecule has 3 saturated carbocycles. The summed E-state index contributed by atoms with van der Waals surface area (Å²) in [5.74, 6) is 0.491. The minimum absolute atomic E-state index is 0.0166. The largest absolute Gasteiger partial charge is 0.465 e. The van der Waals surface area contributed by atoms with Crippen molar-refractivity contribution in [3.05, 3.63) is 0 Å². The fourth-order valence-electron chi connectivity index (χ4n) is 3.82. The molecule has 1 heterocycles. The second kappa shape index (κ2) is 3.19. The van der Waals surface area contributed by atoms with E-state index in [9.17, 15) is 9.90 Å². The summed E-state index contributed by atoms with van der Waals surface area (Å²) < 4.78 is 10.5. The second-order valence-electron chi connectivity index (χ2n) is 4.92. The molecule has 3 aliphatic carbocycles. The minimum atomic E-state index is -0.413. The summed E-state index contributed by atoms with van der Waals surface area (Å²) in [7, 11) is 1.61. The molecule has 0 aromatic heterocycles. The SMILES string of the molecule is COC1C(O)C2CCC1C1C(=O)OCC21. The molecule has 15 heavy (non-hydrogen) atoms. The van der Waals surface area contributed by atoms with Crippen LogP contribution in [0.25, 0.3) is 0 Å². The summed E-state index contributed by atoms with van der Waals surface area (Å²) in [6.07, 6.45) is 1.40. The number of rotatable bonds is 1. The molecule has 4 nitrogen and oxygen atoms in total. The van der Waals surface area contributed by atoms with Gasteiger partial charge in [0.2, 0.25) is 0 Å². The number of hydrogen-bond acceptors (Lipinski definition) is 4. The van der Waals surface area contributed by atoms with E-state index < -0.39 is 6.10 Å². The Hall–Kier alpha value is -0.610. The molecule has 2 bridgehead atoms. The van der Waals surface area contributed by atoms with Crippen LogP contribution in [0.2, 0.25) is 0 Å². The van der Waals surface area contributed by atoms with E-state index in [0.29, 0.717) is 6.61 Å². The molecular formula is C11H16O4. The molecule has 6 unspecified atom stereocenters. The Morgan fingerprint density at radius 1 is 1.33 bits per heavy atom. The summed E-state index contributed by atoms with van der Waals surface area (Å²) in [6, 6.07) is 0. The first-order valence-corrected chi connectivity index (χ1v) is 5.61. The molecule has 0 aromatic rings. The third-order valence-electron chi connectivity index (χ3n) is 4.47. The van der Waals surface area contributed by atoms with Crippen LogP contribution in [-0.4, -0.2) is 37.0 Å². The van der Waals surface area contributed by atoms with E-state index in [2.05, 4.69) is 0 Å². The van der Waals surface area contributed by atoms with Crippen molar-refractivity contribution in [3.8, 4) is 0 Å². The Morgan fingerprint density at radius 2 is 2.07 bits per heavy atom. The van der Waals surface area contributed by atoms with Gasteiger partial charge in [-0.05, 0) is 18.8 Å². The zero-order valence-corrected chi connectivity index (χ0v) is 8.76. The number of aliphatic hydroxyl groups excluding tert-OH is 1. The average molecular weight is 212 g/mol. The van der Waals surface area contributed by atoms with Gasteiger partial charge in [0.15, 0.2) is 0 Å². The van der Waals surface area contributed by atoms with Gasteiger partial charge in [-0.1, -0.05) is 0 Å². The van der Waals surface area contributed by atoms with E-state index >= 15 is 0 Å². The second-order valence-corrected chi connectivity index (χ2v) is 4.92. The zero-order chi connectivity index (χ0) is 10.6. The van der Waals surface area contributed by atoms with Crippen molar-refractivity contribution in [2.24, 2.45) is 23.7 Å². The van der Waals surface area contributed by atoms with Gasteiger partial charge in [-0.2, -0.15) is 0 Å². The van der Waals surface area contributed by atoms with Gasteiger partial charge in [-0.25, -0.2) is 0 Å². The number of aliphatic hydroxyl groups is 1. The van der Waals surface area contributed by atoms with E-state index in [-0.39, 0.29) is 35.7 Å². The molecule has 84 valence electrons. The average Bonchev–Trinajstić information content (AvgIpc) is 2.63. The number of carbonyl (C=O) groups is 1. The molecule has 4 aliphatic rings. The van der Waals surface area contributed by atoms with Gasteiger partial charge in [0, 0.05) is 18.9 Å². The molecule has 4 heteroatoms. The van der Waals surface area contributed by atoms with Crippen molar-refractivity contribution < 1.29 is 19.4 Å². The van der Waals surface area contributed by atoms with Gasteiger partial charge in [-0.3, -0.25) is 4.79 Å². The predicted molar refractivity (Wildman–Crippen MR) is 51.0 cm³/mol. The highest BCUT2D eigenvalue weighted by Gasteiger charge is 2.59. The summed E-state index contributed by atoms with van der Waals surface area (Å²) >= 11 is 0. The van der Waals surface area contributed by atoms with Crippen molar-refractivity contribution in [2.45, 2.75) is 25.0 Å². The van der Waals surface area contributed by atoms with E-state index in [1.165, 1.54) is 0 Å². The molecule has 4 rings (SSSR count). The molecule has 0 aromatic carbocycles. The van der Waals surface area contributed by atoms with Crippen LogP contribution in [0.4, 0.5) is 0 Å². The van der Waals surface area contributed by atoms with E-state index in [1.807, 2.05) is 0 Å². The molecule has 0 spiro atoms. The van der Waals surface area contributed by atoms with Gasteiger partial charge in [0.05, 0.1) is 24.7 Å². The monoisotopic (exact) mass is 212 g/mol. The fraction of sp³-hybridized carbons (Fsp3) is 0.909.